The zero-order valence-electron chi connectivity index (χ0n) is 13.5. The molecular formula is C18H18N2O4S. The standard InChI is InChI=1S/C18H18N2O4S/c21-18-12-24-17-9-8-14(11-15(17)19-18)25(22,23)20-10-4-7-16(20)13-5-2-1-3-6-13/h1-3,5-6,8-9,11,16H,4,7,10,12H2,(H,19,21)/t16-/m0/s1. The van der Waals surface area contributed by atoms with Crippen LogP contribution in [0, 0.1) is 0 Å². The first-order valence-corrected chi connectivity index (χ1v) is 9.63. The molecule has 2 heterocycles. The lowest BCUT2D eigenvalue weighted by Crippen LogP contribution is -2.31. The van der Waals surface area contributed by atoms with Crippen LogP contribution >= 0.6 is 0 Å². The molecule has 1 amide bonds. The van der Waals surface area contributed by atoms with Crippen LogP contribution in [0.2, 0.25) is 0 Å². The summed E-state index contributed by atoms with van der Waals surface area (Å²) in [4.78, 5) is 11.7. The molecule has 25 heavy (non-hydrogen) atoms. The maximum atomic E-state index is 13.2. The van der Waals surface area contributed by atoms with Gasteiger partial charge in [-0.05, 0) is 36.6 Å². The van der Waals surface area contributed by atoms with Crippen molar-refractivity contribution in [2.75, 3.05) is 18.5 Å². The Kier molecular flexibility index (Phi) is 3.97. The molecule has 0 bridgehead atoms. The van der Waals surface area contributed by atoms with Gasteiger partial charge in [0.25, 0.3) is 5.91 Å². The molecule has 2 aliphatic rings. The summed E-state index contributed by atoms with van der Waals surface area (Å²) in [6.45, 7) is 0.434. The summed E-state index contributed by atoms with van der Waals surface area (Å²) >= 11 is 0. The topological polar surface area (TPSA) is 75.7 Å². The SMILES string of the molecule is O=C1COc2ccc(S(=O)(=O)N3CCC[C@H]3c3ccccc3)cc2N1. The summed E-state index contributed by atoms with van der Waals surface area (Å²) in [5, 5.41) is 2.66. The molecule has 2 aliphatic heterocycles. The van der Waals surface area contributed by atoms with Crippen LogP contribution in [-0.4, -0.2) is 31.8 Å². The number of hydrogen-bond acceptors (Lipinski definition) is 4. The van der Waals surface area contributed by atoms with E-state index in [9.17, 15) is 13.2 Å². The van der Waals surface area contributed by atoms with Gasteiger partial charge in [-0.1, -0.05) is 30.3 Å². The first kappa shape index (κ1) is 16.1. The molecule has 1 N–H and O–H groups in total. The maximum Gasteiger partial charge on any atom is 0.262 e. The van der Waals surface area contributed by atoms with E-state index < -0.39 is 10.0 Å². The number of amides is 1. The summed E-state index contributed by atoms with van der Waals surface area (Å²) in [6.07, 6.45) is 1.62. The molecule has 4 rings (SSSR count). The Balaban J connectivity index is 1.69. The molecule has 1 saturated heterocycles. The Labute approximate surface area is 146 Å². The van der Waals surface area contributed by atoms with E-state index in [0.717, 1.165) is 18.4 Å². The molecule has 0 aliphatic carbocycles. The number of hydrogen-bond donors (Lipinski definition) is 1. The molecule has 7 heteroatoms. The van der Waals surface area contributed by atoms with E-state index >= 15 is 0 Å². The van der Waals surface area contributed by atoms with Crippen molar-refractivity contribution in [3.05, 3.63) is 54.1 Å². The Hall–Kier alpha value is -2.38. The predicted molar refractivity (Wildman–Crippen MR) is 92.9 cm³/mol. The van der Waals surface area contributed by atoms with Gasteiger partial charge in [0.1, 0.15) is 5.75 Å². The van der Waals surface area contributed by atoms with Gasteiger partial charge in [-0.25, -0.2) is 8.42 Å². The highest BCUT2D eigenvalue weighted by atomic mass is 32.2. The van der Waals surface area contributed by atoms with Gasteiger partial charge in [0, 0.05) is 6.54 Å². The second-order valence-electron chi connectivity index (χ2n) is 6.18. The van der Waals surface area contributed by atoms with Gasteiger partial charge in [-0.15, -0.1) is 0 Å². The van der Waals surface area contributed by atoms with Gasteiger partial charge < -0.3 is 10.1 Å². The number of fused-ring (bicyclic) bond motifs is 1. The van der Waals surface area contributed by atoms with Gasteiger partial charge in [0.15, 0.2) is 6.61 Å². The fraction of sp³-hybridized carbons (Fsp3) is 0.278. The smallest absolute Gasteiger partial charge is 0.262 e. The van der Waals surface area contributed by atoms with Crippen molar-refractivity contribution >= 4 is 21.6 Å². The lowest BCUT2D eigenvalue weighted by Gasteiger charge is -2.25. The first-order chi connectivity index (χ1) is 12.1. The highest BCUT2D eigenvalue weighted by molar-refractivity contribution is 7.89. The van der Waals surface area contributed by atoms with Crippen LogP contribution in [0.4, 0.5) is 5.69 Å². The van der Waals surface area contributed by atoms with Gasteiger partial charge in [0.2, 0.25) is 10.0 Å². The molecule has 1 atom stereocenters. The van der Waals surface area contributed by atoms with E-state index in [1.54, 1.807) is 10.4 Å². The van der Waals surface area contributed by atoms with Crippen molar-refractivity contribution in [2.45, 2.75) is 23.8 Å². The number of nitrogens with zero attached hydrogens (tertiary/aromatic N) is 1. The molecule has 0 unspecified atom stereocenters. The predicted octanol–water partition coefficient (Wildman–Crippen LogP) is 2.54. The van der Waals surface area contributed by atoms with E-state index in [0.29, 0.717) is 18.0 Å². The van der Waals surface area contributed by atoms with Crippen molar-refractivity contribution in [3.63, 3.8) is 0 Å². The molecule has 2 aromatic rings. The maximum absolute atomic E-state index is 13.2. The first-order valence-electron chi connectivity index (χ1n) is 8.19. The summed E-state index contributed by atoms with van der Waals surface area (Å²) in [5.74, 6) is 0.199. The van der Waals surface area contributed by atoms with E-state index in [4.69, 9.17) is 4.74 Å². The Bertz CT molecular complexity index is 912. The lowest BCUT2D eigenvalue weighted by molar-refractivity contribution is -0.118. The van der Waals surface area contributed by atoms with E-state index in [1.807, 2.05) is 30.3 Å². The van der Waals surface area contributed by atoms with Crippen LogP contribution in [-0.2, 0) is 14.8 Å². The van der Waals surface area contributed by atoms with Crippen LogP contribution in [0.25, 0.3) is 0 Å². The van der Waals surface area contributed by atoms with Crippen molar-refractivity contribution in [2.24, 2.45) is 0 Å². The van der Waals surface area contributed by atoms with Crippen LogP contribution in [0.5, 0.6) is 5.75 Å². The fourth-order valence-corrected chi connectivity index (χ4v) is 5.10. The summed E-state index contributed by atoms with van der Waals surface area (Å²) in [6, 6.07) is 14.1. The molecule has 130 valence electrons. The number of ether oxygens (including phenoxy) is 1. The second kappa shape index (κ2) is 6.16. The Morgan fingerprint density at radius 1 is 1.12 bits per heavy atom. The molecule has 0 aromatic heterocycles. The number of sulfonamides is 1. The molecule has 0 saturated carbocycles. The highest BCUT2D eigenvalue weighted by Gasteiger charge is 2.36. The van der Waals surface area contributed by atoms with Crippen LogP contribution in [0.3, 0.4) is 0 Å². The summed E-state index contributed by atoms with van der Waals surface area (Å²) < 4.78 is 33.2. The van der Waals surface area contributed by atoms with Gasteiger partial charge >= 0.3 is 0 Å². The quantitative estimate of drug-likeness (QED) is 0.915. The van der Waals surface area contributed by atoms with E-state index in [2.05, 4.69) is 5.32 Å². The molecule has 0 spiro atoms. The number of benzene rings is 2. The van der Waals surface area contributed by atoms with Crippen LogP contribution < -0.4 is 10.1 Å². The Morgan fingerprint density at radius 2 is 1.92 bits per heavy atom. The highest BCUT2D eigenvalue weighted by Crippen LogP contribution is 2.38. The minimum atomic E-state index is -3.66. The summed E-state index contributed by atoms with van der Waals surface area (Å²) in [7, 11) is -3.66. The van der Waals surface area contributed by atoms with E-state index in [-0.39, 0.29) is 23.5 Å². The number of carbonyl (C=O) groups excluding carboxylic acids is 1. The van der Waals surface area contributed by atoms with Crippen molar-refractivity contribution in [1.82, 2.24) is 4.31 Å². The molecule has 6 nitrogen and oxygen atoms in total. The minimum Gasteiger partial charge on any atom is -0.482 e. The largest absolute Gasteiger partial charge is 0.482 e. The molecule has 2 aromatic carbocycles. The van der Waals surface area contributed by atoms with Crippen molar-refractivity contribution < 1.29 is 17.9 Å². The third kappa shape index (κ3) is 2.89. The summed E-state index contributed by atoms with van der Waals surface area (Å²) in [5.41, 5.74) is 1.39. The number of anilines is 1. The Morgan fingerprint density at radius 3 is 2.72 bits per heavy atom. The number of carbonyl (C=O) groups is 1. The second-order valence-corrected chi connectivity index (χ2v) is 8.07. The zero-order chi connectivity index (χ0) is 17.4. The number of nitrogens with one attached hydrogen (secondary N) is 1. The number of rotatable bonds is 3. The molecule has 1 fully saturated rings. The van der Waals surface area contributed by atoms with Gasteiger partial charge in [-0.2, -0.15) is 4.31 Å². The van der Waals surface area contributed by atoms with Crippen LogP contribution in [0.1, 0.15) is 24.4 Å². The van der Waals surface area contributed by atoms with Crippen LogP contribution in [0.15, 0.2) is 53.4 Å². The average molecular weight is 358 g/mol. The van der Waals surface area contributed by atoms with Crippen molar-refractivity contribution in [3.8, 4) is 5.75 Å². The van der Waals surface area contributed by atoms with E-state index in [1.165, 1.54) is 12.1 Å². The monoisotopic (exact) mass is 358 g/mol. The van der Waals surface area contributed by atoms with Gasteiger partial charge in [0.05, 0.1) is 16.6 Å². The fourth-order valence-electron chi connectivity index (χ4n) is 3.39. The zero-order valence-corrected chi connectivity index (χ0v) is 14.3. The normalized spacial score (nSPS) is 20.6. The molecular weight excluding hydrogens is 340 g/mol. The van der Waals surface area contributed by atoms with Gasteiger partial charge in [-0.3, -0.25) is 4.79 Å². The molecule has 0 radical (unpaired) electrons. The van der Waals surface area contributed by atoms with Crippen molar-refractivity contribution in [1.29, 1.82) is 0 Å². The third-order valence-electron chi connectivity index (χ3n) is 4.58. The third-order valence-corrected chi connectivity index (χ3v) is 6.48. The minimum absolute atomic E-state index is 0.0543. The lowest BCUT2D eigenvalue weighted by atomic mass is 10.1. The average Bonchev–Trinajstić information content (AvgIpc) is 3.12.